The normalized spacial score (nSPS) is 10.7. The zero-order chi connectivity index (χ0) is 12.0. The first-order valence-corrected chi connectivity index (χ1v) is 6.82. The Balaban J connectivity index is 0.00000256. The molecule has 6 heteroatoms. The van der Waals surface area contributed by atoms with Crippen LogP contribution in [0.3, 0.4) is 0 Å². The largest absolute Gasteiger partial charge is 0.497 e. The highest BCUT2D eigenvalue weighted by Crippen LogP contribution is 2.17. The van der Waals surface area contributed by atoms with E-state index in [1.807, 2.05) is 0 Å². The molecule has 0 fully saturated rings. The summed E-state index contributed by atoms with van der Waals surface area (Å²) in [5.41, 5.74) is 5.32. The summed E-state index contributed by atoms with van der Waals surface area (Å²) in [5.74, 6) is 0.803. The molecule has 0 heterocycles. The van der Waals surface area contributed by atoms with Gasteiger partial charge in [0.05, 0.1) is 17.8 Å². The Kier molecular flexibility index (Phi) is 7.18. The summed E-state index contributed by atoms with van der Waals surface area (Å²) in [5, 5.41) is 0. The zero-order valence-electron chi connectivity index (χ0n) is 9.76. The Morgan fingerprint density at radius 2 is 1.76 bits per heavy atom. The Bertz CT molecular complexity index is 417. The molecular weight excluding hydrogens is 262 g/mol. The Hall–Kier alpha value is -0.780. The fraction of sp³-hybridized carbons (Fsp3) is 0.455. The van der Waals surface area contributed by atoms with Crippen molar-refractivity contribution in [2.75, 3.05) is 19.4 Å². The number of methoxy groups -OCH3 is 1. The van der Waals surface area contributed by atoms with Gasteiger partial charge in [0.15, 0.2) is 9.84 Å². The number of halogens is 1. The van der Waals surface area contributed by atoms with Gasteiger partial charge >= 0.3 is 0 Å². The Morgan fingerprint density at radius 1 is 1.18 bits per heavy atom. The fourth-order valence-electron chi connectivity index (χ4n) is 1.34. The minimum atomic E-state index is -3.17. The predicted octanol–water partition coefficient (Wildman–Crippen LogP) is 1.63. The lowest BCUT2D eigenvalue weighted by molar-refractivity contribution is 0.414. The van der Waals surface area contributed by atoms with Gasteiger partial charge in [-0.15, -0.1) is 12.4 Å². The highest BCUT2D eigenvalue weighted by atomic mass is 35.5. The number of unbranched alkanes of at least 4 members (excludes halogenated alkanes) is 1. The van der Waals surface area contributed by atoms with Crippen molar-refractivity contribution in [1.29, 1.82) is 0 Å². The van der Waals surface area contributed by atoms with Crippen molar-refractivity contribution in [3.05, 3.63) is 24.3 Å². The number of hydrogen-bond acceptors (Lipinski definition) is 4. The minimum absolute atomic E-state index is 0. The van der Waals surface area contributed by atoms with Crippen LogP contribution in [0, 0.1) is 0 Å². The average Bonchev–Trinajstić information content (AvgIpc) is 2.29. The van der Waals surface area contributed by atoms with Crippen LogP contribution in [0.1, 0.15) is 12.8 Å². The molecule has 0 aliphatic rings. The van der Waals surface area contributed by atoms with Crippen LogP contribution < -0.4 is 10.5 Å². The lowest BCUT2D eigenvalue weighted by Gasteiger charge is -2.05. The first-order chi connectivity index (χ1) is 7.60. The van der Waals surface area contributed by atoms with E-state index in [9.17, 15) is 8.42 Å². The topological polar surface area (TPSA) is 69.4 Å². The van der Waals surface area contributed by atoms with Gasteiger partial charge in [0, 0.05) is 0 Å². The van der Waals surface area contributed by atoms with Crippen LogP contribution in [0.15, 0.2) is 29.2 Å². The SMILES string of the molecule is COc1ccc(S(=O)(=O)CCCCN)cc1.Cl. The summed E-state index contributed by atoms with van der Waals surface area (Å²) in [6, 6.07) is 6.43. The maximum atomic E-state index is 11.8. The molecule has 4 nitrogen and oxygen atoms in total. The van der Waals surface area contributed by atoms with Gasteiger partial charge in [-0.25, -0.2) is 8.42 Å². The molecule has 0 saturated carbocycles. The molecule has 98 valence electrons. The molecule has 0 atom stereocenters. The van der Waals surface area contributed by atoms with Crippen LogP contribution in [0.4, 0.5) is 0 Å². The molecule has 0 saturated heterocycles. The smallest absolute Gasteiger partial charge is 0.178 e. The Labute approximate surface area is 108 Å². The number of hydrogen-bond donors (Lipinski definition) is 1. The predicted molar refractivity (Wildman–Crippen MR) is 70.6 cm³/mol. The first-order valence-electron chi connectivity index (χ1n) is 5.17. The van der Waals surface area contributed by atoms with Crippen molar-refractivity contribution in [1.82, 2.24) is 0 Å². The van der Waals surface area contributed by atoms with E-state index in [4.69, 9.17) is 10.5 Å². The van der Waals surface area contributed by atoms with E-state index in [1.165, 1.54) is 0 Å². The molecule has 1 aromatic carbocycles. The van der Waals surface area contributed by atoms with Crippen LogP contribution in [0.2, 0.25) is 0 Å². The summed E-state index contributed by atoms with van der Waals surface area (Å²) >= 11 is 0. The Morgan fingerprint density at radius 3 is 2.24 bits per heavy atom. The van der Waals surface area contributed by atoms with E-state index in [0.29, 0.717) is 23.6 Å². The van der Waals surface area contributed by atoms with Gasteiger partial charge in [0.2, 0.25) is 0 Å². The van der Waals surface area contributed by atoms with Crippen LogP contribution in [0.25, 0.3) is 0 Å². The first kappa shape index (κ1) is 16.2. The van der Waals surface area contributed by atoms with Crippen molar-refractivity contribution >= 4 is 22.2 Å². The van der Waals surface area contributed by atoms with Gasteiger partial charge in [-0.05, 0) is 43.7 Å². The van der Waals surface area contributed by atoms with Gasteiger partial charge in [-0.3, -0.25) is 0 Å². The van der Waals surface area contributed by atoms with E-state index < -0.39 is 9.84 Å². The number of rotatable bonds is 6. The molecular formula is C11H18ClNO3S. The van der Waals surface area contributed by atoms with Crippen molar-refractivity contribution in [2.45, 2.75) is 17.7 Å². The minimum Gasteiger partial charge on any atom is -0.497 e. The molecule has 0 amide bonds. The fourth-order valence-corrected chi connectivity index (χ4v) is 2.71. The maximum absolute atomic E-state index is 11.8. The van der Waals surface area contributed by atoms with Gasteiger partial charge in [0.1, 0.15) is 5.75 Å². The maximum Gasteiger partial charge on any atom is 0.178 e. The number of ether oxygens (including phenoxy) is 1. The highest BCUT2D eigenvalue weighted by molar-refractivity contribution is 7.91. The van der Waals surface area contributed by atoms with E-state index in [0.717, 1.165) is 6.42 Å². The van der Waals surface area contributed by atoms with Crippen LogP contribution in [-0.4, -0.2) is 27.8 Å². The molecule has 0 aliphatic carbocycles. The van der Waals surface area contributed by atoms with E-state index in [2.05, 4.69) is 0 Å². The highest BCUT2D eigenvalue weighted by Gasteiger charge is 2.13. The summed E-state index contributed by atoms with van der Waals surface area (Å²) in [7, 11) is -1.62. The van der Waals surface area contributed by atoms with Gasteiger partial charge in [-0.1, -0.05) is 0 Å². The lowest BCUT2D eigenvalue weighted by atomic mass is 10.3. The molecule has 17 heavy (non-hydrogen) atoms. The quantitative estimate of drug-likeness (QED) is 0.804. The second-order valence-corrected chi connectivity index (χ2v) is 5.60. The molecule has 0 spiro atoms. The standard InChI is InChI=1S/C11H17NO3S.ClH/c1-15-10-4-6-11(7-5-10)16(13,14)9-3-2-8-12;/h4-7H,2-3,8-9,12H2,1H3;1H. The monoisotopic (exact) mass is 279 g/mol. The molecule has 1 rings (SSSR count). The second kappa shape index (κ2) is 7.53. The molecule has 0 bridgehead atoms. The number of nitrogens with two attached hydrogens (primary N) is 1. The van der Waals surface area contributed by atoms with Crippen molar-refractivity contribution < 1.29 is 13.2 Å². The third-order valence-corrected chi connectivity index (χ3v) is 4.10. The summed E-state index contributed by atoms with van der Waals surface area (Å²) in [6.45, 7) is 0.526. The summed E-state index contributed by atoms with van der Waals surface area (Å²) < 4.78 is 28.6. The number of benzene rings is 1. The van der Waals surface area contributed by atoms with E-state index in [-0.39, 0.29) is 18.2 Å². The van der Waals surface area contributed by atoms with Crippen LogP contribution in [-0.2, 0) is 9.84 Å². The number of sulfone groups is 1. The van der Waals surface area contributed by atoms with Gasteiger partial charge in [-0.2, -0.15) is 0 Å². The van der Waals surface area contributed by atoms with E-state index in [1.54, 1.807) is 31.4 Å². The van der Waals surface area contributed by atoms with Crippen molar-refractivity contribution in [2.24, 2.45) is 5.73 Å². The van der Waals surface area contributed by atoms with E-state index >= 15 is 0 Å². The summed E-state index contributed by atoms with van der Waals surface area (Å²) in [4.78, 5) is 0.338. The molecule has 2 N–H and O–H groups in total. The van der Waals surface area contributed by atoms with Crippen molar-refractivity contribution in [3.63, 3.8) is 0 Å². The molecule has 0 aromatic heterocycles. The van der Waals surface area contributed by atoms with Crippen molar-refractivity contribution in [3.8, 4) is 5.75 Å². The average molecular weight is 280 g/mol. The zero-order valence-corrected chi connectivity index (χ0v) is 11.4. The van der Waals surface area contributed by atoms with Gasteiger partial charge in [0.25, 0.3) is 0 Å². The lowest BCUT2D eigenvalue weighted by Crippen LogP contribution is -2.09. The second-order valence-electron chi connectivity index (χ2n) is 3.49. The summed E-state index contributed by atoms with van der Waals surface area (Å²) in [6.07, 6.45) is 1.33. The van der Waals surface area contributed by atoms with Gasteiger partial charge < -0.3 is 10.5 Å². The van der Waals surface area contributed by atoms with Crippen LogP contribution in [0.5, 0.6) is 5.75 Å². The molecule has 1 aromatic rings. The third kappa shape index (κ3) is 4.93. The molecule has 0 radical (unpaired) electrons. The molecule has 0 unspecified atom stereocenters. The third-order valence-electron chi connectivity index (χ3n) is 2.29. The molecule has 0 aliphatic heterocycles. The van der Waals surface area contributed by atoms with Crippen LogP contribution >= 0.6 is 12.4 Å².